The summed E-state index contributed by atoms with van der Waals surface area (Å²) in [4.78, 5) is 16.3. The molecule has 1 unspecified atom stereocenters. The van der Waals surface area contributed by atoms with Gasteiger partial charge in [0.15, 0.2) is 0 Å². The monoisotopic (exact) mass is 241 g/mol. The maximum absolute atomic E-state index is 12.0. The smallest absolute Gasteiger partial charge is 0.225 e. The van der Waals surface area contributed by atoms with Crippen LogP contribution in [0.5, 0.6) is 0 Å². The Morgan fingerprint density at radius 3 is 2.65 bits per heavy atom. The molecule has 0 spiro atoms. The van der Waals surface area contributed by atoms with Crippen molar-refractivity contribution >= 4 is 5.91 Å². The predicted molar refractivity (Wildman–Crippen MR) is 70.8 cm³/mol. The SMILES string of the molecule is CC(CCCN)C(=O)N(C)CCN1CCCC1. The molecule has 0 saturated carbocycles. The summed E-state index contributed by atoms with van der Waals surface area (Å²) >= 11 is 0. The largest absolute Gasteiger partial charge is 0.344 e. The van der Waals surface area contributed by atoms with Gasteiger partial charge in [-0.2, -0.15) is 0 Å². The first kappa shape index (κ1) is 14.5. The quantitative estimate of drug-likeness (QED) is 0.721. The van der Waals surface area contributed by atoms with Gasteiger partial charge in [0.25, 0.3) is 0 Å². The average molecular weight is 241 g/mol. The average Bonchev–Trinajstić information content (AvgIpc) is 2.85. The van der Waals surface area contributed by atoms with Crippen molar-refractivity contribution in [2.24, 2.45) is 11.7 Å². The number of rotatable bonds is 7. The number of likely N-dealkylation sites (tertiary alicyclic amines) is 1. The zero-order valence-electron chi connectivity index (χ0n) is 11.3. The van der Waals surface area contributed by atoms with Crippen molar-refractivity contribution in [2.75, 3.05) is 39.8 Å². The molecule has 1 aliphatic rings. The fourth-order valence-electron chi connectivity index (χ4n) is 2.33. The predicted octanol–water partition coefficient (Wildman–Crippen LogP) is 0.916. The Labute approximate surface area is 105 Å². The number of carbonyl (C=O) groups excluding carboxylic acids is 1. The maximum atomic E-state index is 12.0. The number of carbonyl (C=O) groups is 1. The molecule has 0 aliphatic carbocycles. The molecule has 4 nitrogen and oxygen atoms in total. The van der Waals surface area contributed by atoms with Gasteiger partial charge in [-0.15, -0.1) is 0 Å². The van der Waals surface area contributed by atoms with Crippen molar-refractivity contribution in [3.63, 3.8) is 0 Å². The lowest BCUT2D eigenvalue weighted by Gasteiger charge is -2.24. The zero-order chi connectivity index (χ0) is 12.7. The van der Waals surface area contributed by atoms with Gasteiger partial charge in [0, 0.05) is 26.1 Å². The van der Waals surface area contributed by atoms with Crippen LogP contribution in [0.3, 0.4) is 0 Å². The molecule has 1 amide bonds. The van der Waals surface area contributed by atoms with E-state index >= 15 is 0 Å². The van der Waals surface area contributed by atoms with Gasteiger partial charge in [0.2, 0.25) is 5.91 Å². The molecule has 0 radical (unpaired) electrons. The van der Waals surface area contributed by atoms with E-state index in [1.807, 2.05) is 18.9 Å². The van der Waals surface area contributed by atoms with E-state index in [4.69, 9.17) is 5.73 Å². The second-order valence-electron chi connectivity index (χ2n) is 5.14. The number of amides is 1. The summed E-state index contributed by atoms with van der Waals surface area (Å²) in [6, 6.07) is 0. The summed E-state index contributed by atoms with van der Waals surface area (Å²) in [7, 11) is 1.91. The lowest BCUT2D eigenvalue weighted by molar-refractivity contribution is -0.134. The van der Waals surface area contributed by atoms with Crippen molar-refractivity contribution in [2.45, 2.75) is 32.6 Å². The molecule has 1 fully saturated rings. The number of hydrogen-bond acceptors (Lipinski definition) is 3. The third-order valence-corrected chi connectivity index (χ3v) is 3.59. The first-order chi connectivity index (χ1) is 8.15. The molecule has 1 atom stereocenters. The molecule has 0 bridgehead atoms. The van der Waals surface area contributed by atoms with Crippen molar-refractivity contribution in [1.29, 1.82) is 0 Å². The minimum Gasteiger partial charge on any atom is -0.344 e. The van der Waals surface area contributed by atoms with Crippen LogP contribution in [0.15, 0.2) is 0 Å². The van der Waals surface area contributed by atoms with Crippen molar-refractivity contribution in [1.82, 2.24) is 9.80 Å². The topological polar surface area (TPSA) is 49.6 Å². The highest BCUT2D eigenvalue weighted by Crippen LogP contribution is 2.10. The van der Waals surface area contributed by atoms with Gasteiger partial charge in [0.1, 0.15) is 0 Å². The molecular formula is C13H27N3O. The summed E-state index contributed by atoms with van der Waals surface area (Å²) in [6.07, 6.45) is 4.46. The van der Waals surface area contributed by atoms with Crippen LogP contribution in [0, 0.1) is 5.92 Å². The molecule has 0 aromatic carbocycles. The Hall–Kier alpha value is -0.610. The first-order valence-electron chi connectivity index (χ1n) is 6.82. The minimum absolute atomic E-state index is 0.113. The maximum Gasteiger partial charge on any atom is 0.225 e. The Morgan fingerprint density at radius 2 is 2.06 bits per heavy atom. The fraction of sp³-hybridized carbons (Fsp3) is 0.923. The van der Waals surface area contributed by atoms with E-state index < -0.39 is 0 Å². The standard InChI is InChI=1S/C13H27N3O/c1-12(6-5-7-14)13(17)15(2)10-11-16-8-3-4-9-16/h12H,3-11,14H2,1-2H3. The molecule has 17 heavy (non-hydrogen) atoms. The first-order valence-corrected chi connectivity index (χ1v) is 6.82. The van der Waals surface area contributed by atoms with Crippen LogP contribution in [-0.2, 0) is 4.79 Å². The lowest BCUT2D eigenvalue weighted by atomic mass is 10.0. The van der Waals surface area contributed by atoms with Gasteiger partial charge in [-0.1, -0.05) is 6.92 Å². The molecule has 1 rings (SSSR count). The normalized spacial score (nSPS) is 18.3. The lowest BCUT2D eigenvalue weighted by Crippen LogP contribution is -2.37. The molecule has 1 saturated heterocycles. The van der Waals surface area contributed by atoms with Gasteiger partial charge in [-0.05, 0) is 45.3 Å². The summed E-state index contributed by atoms with van der Waals surface area (Å²) in [5.74, 6) is 0.375. The summed E-state index contributed by atoms with van der Waals surface area (Å²) in [5, 5.41) is 0. The van der Waals surface area contributed by atoms with Crippen LogP contribution in [0.2, 0.25) is 0 Å². The summed E-state index contributed by atoms with van der Waals surface area (Å²) in [5.41, 5.74) is 5.46. The molecule has 0 aromatic heterocycles. The van der Waals surface area contributed by atoms with Crippen LogP contribution >= 0.6 is 0 Å². The van der Waals surface area contributed by atoms with Gasteiger partial charge in [-0.25, -0.2) is 0 Å². The van der Waals surface area contributed by atoms with Gasteiger partial charge in [0.05, 0.1) is 0 Å². The number of likely N-dealkylation sites (N-methyl/N-ethyl adjacent to an activating group) is 1. The van der Waals surface area contributed by atoms with Crippen LogP contribution in [0.25, 0.3) is 0 Å². The van der Waals surface area contributed by atoms with Gasteiger partial charge in [-0.3, -0.25) is 4.79 Å². The summed E-state index contributed by atoms with van der Waals surface area (Å²) in [6.45, 7) is 6.95. The highest BCUT2D eigenvalue weighted by atomic mass is 16.2. The Bertz CT molecular complexity index is 227. The highest BCUT2D eigenvalue weighted by molar-refractivity contribution is 5.78. The van der Waals surface area contributed by atoms with E-state index in [9.17, 15) is 4.79 Å². The van der Waals surface area contributed by atoms with Gasteiger partial charge >= 0.3 is 0 Å². The van der Waals surface area contributed by atoms with Crippen molar-refractivity contribution in [3.05, 3.63) is 0 Å². The van der Waals surface area contributed by atoms with Crippen LogP contribution in [-0.4, -0.2) is 55.5 Å². The van der Waals surface area contributed by atoms with Crippen LogP contribution < -0.4 is 5.73 Å². The molecule has 4 heteroatoms. The van der Waals surface area contributed by atoms with Crippen molar-refractivity contribution in [3.8, 4) is 0 Å². The Balaban J connectivity index is 2.20. The van der Waals surface area contributed by atoms with E-state index in [0.29, 0.717) is 6.54 Å². The molecule has 1 heterocycles. The second kappa shape index (κ2) is 7.67. The minimum atomic E-state index is 0.113. The number of nitrogens with zero attached hydrogens (tertiary/aromatic N) is 2. The molecule has 0 aromatic rings. The van der Waals surface area contributed by atoms with Crippen LogP contribution in [0.1, 0.15) is 32.6 Å². The highest BCUT2D eigenvalue weighted by Gasteiger charge is 2.18. The zero-order valence-corrected chi connectivity index (χ0v) is 11.3. The van der Waals surface area contributed by atoms with E-state index in [1.165, 1.54) is 25.9 Å². The van der Waals surface area contributed by atoms with E-state index in [1.54, 1.807) is 0 Å². The van der Waals surface area contributed by atoms with E-state index in [0.717, 1.165) is 25.9 Å². The molecule has 2 N–H and O–H groups in total. The van der Waals surface area contributed by atoms with Gasteiger partial charge < -0.3 is 15.5 Å². The second-order valence-corrected chi connectivity index (χ2v) is 5.14. The van der Waals surface area contributed by atoms with E-state index in [2.05, 4.69) is 4.90 Å². The van der Waals surface area contributed by atoms with E-state index in [-0.39, 0.29) is 11.8 Å². The van der Waals surface area contributed by atoms with Crippen LogP contribution in [0.4, 0.5) is 0 Å². The molecule has 100 valence electrons. The third-order valence-electron chi connectivity index (χ3n) is 3.59. The summed E-state index contributed by atoms with van der Waals surface area (Å²) < 4.78 is 0. The Kier molecular flexibility index (Phi) is 6.52. The Morgan fingerprint density at radius 1 is 1.41 bits per heavy atom. The third kappa shape index (κ3) is 5.04. The number of hydrogen-bond donors (Lipinski definition) is 1. The van der Waals surface area contributed by atoms with Crippen molar-refractivity contribution < 1.29 is 4.79 Å². The molecular weight excluding hydrogens is 214 g/mol. The fourth-order valence-corrected chi connectivity index (χ4v) is 2.33. The molecule has 1 aliphatic heterocycles. The number of nitrogens with two attached hydrogens (primary N) is 1.